The number of nitrogens with one attached hydrogen (secondary N) is 1. The Balaban J connectivity index is 3.20. The summed E-state index contributed by atoms with van der Waals surface area (Å²) in [4.78, 5) is -0.553. The lowest BCUT2D eigenvalue weighted by atomic mass is 10.3. The van der Waals surface area contributed by atoms with Gasteiger partial charge < -0.3 is 5.32 Å². The summed E-state index contributed by atoms with van der Waals surface area (Å²) in [5.41, 5.74) is 0. The number of benzene rings is 1. The van der Waals surface area contributed by atoms with Crippen molar-refractivity contribution in [3.63, 3.8) is 0 Å². The van der Waals surface area contributed by atoms with Crippen LogP contribution in [-0.2, 0) is 10.0 Å². The molecule has 0 radical (unpaired) electrons. The summed E-state index contributed by atoms with van der Waals surface area (Å²) in [6.45, 7) is 0.609. The summed E-state index contributed by atoms with van der Waals surface area (Å²) in [5.74, 6) is -1.95. The number of sulfonamides is 1. The molecule has 1 aromatic rings. The molecular weight excluding hydrogens is 330 g/mol. The minimum Gasteiger partial charge on any atom is -0.318 e. The number of rotatable bonds is 5. The first-order valence-electron chi connectivity index (χ1n) is 5.06. The fourth-order valence-corrected chi connectivity index (χ4v) is 3.60. The van der Waals surface area contributed by atoms with Crippen LogP contribution < -0.4 is 5.32 Å². The van der Waals surface area contributed by atoms with Crippen molar-refractivity contribution < 1.29 is 17.2 Å². The number of likely N-dealkylation sites (N-methyl/N-ethyl adjacent to an activating group) is 2. The molecule has 8 heteroatoms. The van der Waals surface area contributed by atoms with Crippen LogP contribution in [-0.4, -0.2) is 39.9 Å². The van der Waals surface area contributed by atoms with E-state index < -0.39 is 26.6 Å². The third-order valence-corrected chi connectivity index (χ3v) is 5.13. The summed E-state index contributed by atoms with van der Waals surface area (Å²) >= 11 is 2.87. The van der Waals surface area contributed by atoms with E-state index in [1.165, 1.54) is 7.05 Å². The fourth-order valence-electron chi connectivity index (χ4n) is 1.32. The Bertz CT molecular complexity index is 514. The first kappa shape index (κ1) is 15.5. The highest BCUT2D eigenvalue weighted by Gasteiger charge is 2.27. The molecule has 0 aliphatic rings. The maximum Gasteiger partial charge on any atom is 0.246 e. The van der Waals surface area contributed by atoms with Crippen molar-refractivity contribution in [2.24, 2.45) is 0 Å². The SMILES string of the molecule is CNCCN(C)S(=O)(=O)c1c(F)cc(F)cc1Br. The van der Waals surface area contributed by atoms with Gasteiger partial charge >= 0.3 is 0 Å². The third kappa shape index (κ3) is 3.25. The van der Waals surface area contributed by atoms with E-state index in [2.05, 4.69) is 21.2 Å². The fraction of sp³-hybridized carbons (Fsp3) is 0.400. The monoisotopic (exact) mass is 342 g/mol. The molecule has 0 unspecified atom stereocenters. The molecule has 0 atom stereocenters. The van der Waals surface area contributed by atoms with E-state index in [0.29, 0.717) is 12.6 Å². The van der Waals surface area contributed by atoms with Crippen molar-refractivity contribution >= 4 is 26.0 Å². The number of halogens is 3. The van der Waals surface area contributed by atoms with Gasteiger partial charge in [-0.05, 0) is 29.0 Å². The average Bonchev–Trinajstić information content (AvgIpc) is 2.23. The molecule has 0 spiro atoms. The van der Waals surface area contributed by atoms with Gasteiger partial charge in [0.2, 0.25) is 10.0 Å². The van der Waals surface area contributed by atoms with Gasteiger partial charge in [0.15, 0.2) is 0 Å². The van der Waals surface area contributed by atoms with Gasteiger partial charge in [-0.1, -0.05) is 0 Å². The zero-order chi connectivity index (χ0) is 13.9. The highest BCUT2D eigenvalue weighted by Crippen LogP contribution is 2.28. The van der Waals surface area contributed by atoms with Crippen LogP contribution in [0.3, 0.4) is 0 Å². The zero-order valence-corrected chi connectivity index (χ0v) is 12.3. The lowest BCUT2D eigenvalue weighted by Gasteiger charge is -2.18. The lowest BCUT2D eigenvalue weighted by molar-refractivity contribution is 0.457. The largest absolute Gasteiger partial charge is 0.318 e. The molecule has 0 amide bonds. The van der Waals surface area contributed by atoms with E-state index in [1.807, 2.05) is 0 Å². The van der Waals surface area contributed by atoms with Gasteiger partial charge in [0.05, 0.1) is 0 Å². The molecule has 18 heavy (non-hydrogen) atoms. The van der Waals surface area contributed by atoms with Gasteiger partial charge in [-0.15, -0.1) is 0 Å². The van der Waals surface area contributed by atoms with Crippen molar-refractivity contribution in [2.75, 3.05) is 27.2 Å². The van der Waals surface area contributed by atoms with Gasteiger partial charge in [-0.3, -0.25) is 0 Å². The number of hydrogen-bond acceptors (Lipinski definition) is 3. The van der Waals surface area contributed by atoms with E-state index in [-0.39, 0.29) is 11.0 Å². The van der Waals surface area contributed by atoms with Crippen LogP contribution in [0, 0.1) is 11.6 Å². The molecule has 102 valence electrons. The Morgan fingerprint density at radius 1 is 1.39 bits per heavy atom. The summed E-state index contributed by atoms with van der Waals surface area (Å²) < 4.78 is 51.6. The minimum atomic E-state index is -3.98. The molecule has 0 saturated carbocycles. The van der Waals surface area contributed by atoms with Crippen molar-refractivity contribution in [3.8, 4) is 0 Å². The topological polar surface area (TPSA) is 49.4 Å². The molecule has 0 bridgehead atoms. The second-order valence-electron chi connectivity index (χ2n) is 3.63. The van der Waals surface area contributed by atoms with Gasteiger partial charge in [0.25, 0.3) is 0 Å². The predicted octanol–water partition coefficient (Wildman–Crippen LogP) is 1.57. The Hall–Kier alpha value is -0.570. The molecule has 1 rings (SSSR count). The van der Waals surface area contributed by atoms with Crippen LogP contribution >= 0.6 is 15.9 Å². The molecule has 1 aromatic carbocycles. The van der Waals surface area contributed by atoms with E-state index in [4.69, 9.17) is 0 Å². The Kier molecular flexibility index (Phi) is 5.20. The van der Waals surface area contributed by atoms with E-state index in [1.54, 1.807) is 7.05 Å². The predicted molar refractivity (Wildman–Crippen MR) is 67.8 cm³/mol. The van der Waals surface area contributed by atoms with Crippen LogP contribution in [0.15, 0.2) is 21.5 Å². The second kappa shape index (κ2) is 6.05. The normalized spacial score (nSPS) is 12.1. The van der Waals surface area contributed by atoms with Crippen LogP contribution in [0.5, 0.6) is 0 Å². The van der Waals surface area contributed by atoms with Crippen molar-refractivity contribution in [1.29, 1.82) is 0 Å². The van der Waals surface area contributed by atoms with Gasteiger partial charge in [-0.25, -0.2) is 17.2 Å². The van der Waals surface area contributed by atoms with Gasteiger partial charge in [0, 0.05) is 30.7 Å². The lowest BCUT2D eigenvalue weighted by Crippen LogP contribution is -2.33. The van der Waals surface area contributed by atoms with E-state index in [0.717, 1.165) is 10.4 Å². The molecule has 0 heterocycles. The Labute approximate surface area is 113 Å². The van der Waals surface area contributed by atoms with Crippen molar-refractivity contribution in [2.45, 2.75) is 4.90 Å². The maximum absolute atomic E-state index is 13.6. The summed E-state index contributed by atoms with van der Waals surface area (Å²) in [5, 5.41) is 2.79. The van der Waals surface area contributed by atoms with Gasteiger partial charge in [0.1, 0.15) is 16.5 Å². The second-order valence-corrected chi connectivity index (χ2v) is 6.46. The smallest absolute Gasteiger partial charge is 0.246 e. The molecular formula is C10H13BrF2N2O2S. The molecule has 0 fully saturated rings. The summed E-state index contributed by atoms with van der Waals surface area (Å²) in [7, 11) is -0.974. The molecule has 4 nitrogen and oxygen atoms in total. The Morgan fingerprint density at radius 2 is 2.00 bits per heavy atom. The minimum absolute atomic E-state index is 0.128. The highest BCUT2D eigenvalue weighted by atomic mass is 79.9. The highest BCUT2D eigenvalue weighted by molar-refractivity contribution is 9.10. The van der Waals surface area contributed by atoms with Crippen LogP contribution in [0.25, 0.3) is 0 Å². The molecule has 0 aromatic heterocycles. The van der Waals surface area contributed by atoms with Crippen molar-refractivity contribution in [3.05, 3.63) is 28.2 Å². The number of hydrogen-bond donors (Lipinski definition) is 1. The van der Waals surface area contributed by atoms with Crippen molar-refractivity contribution in [1.82, 2.24) is 9.62 Å². The number of nitrogens with zero attached hydrogens (tertiary/aromatic N) is 1. The standard InChI is InChI=1S/C10H13BrF2N2O2S/c1-14-3-4-15(2)18(16,17)10-8(11)5-7(12)6-9(10)13/h5-6,14H,3-4H2,1-2H3. The van der Waals surface area contributed by atoms with Crippen LogP contribution in [0.1, 0.15) is 0 Å². The quantitative estimate of drug-likeness (QED) is 0.883. The summed E-state index contributed by atoms with van der Waals surface area (Å²) in [6, 6.07) is 1.46. The zero-order valence-electron chi connectivity index (χ0n) is 9.87. The Morgan fingerprint density at radius 3 is 2.50 bits per heavy atom. The maximum atomic E-state index is 13.6. The first-order valence-corrected chi connectivity index (χ1v) is 7.29. The molecule has 0 aliphatic heterocycles. The van der Waals surface area contributed by atoms with Crippen LogP contribution in [0.4, 0.5) is 8.78 Å². The van der Waals surface area contributed by atoms with E-state index >= 15 is 0 Å². The molecule has 0 saturated heterocycles. The average molecular weight is 343 g/mol. The first-order chi connectivity index (χ1) is 8.30. The van der Waals surface area contributed by atoms with E-state index in [9.17, 15) is 17.2 Å². The molecule has 0 aliphatic carbocycles. The third-order valence-electron chi connectivity index (χ3n) is 2.31. The van der Waals surface area contributed by atoms with Gasteiger partial charge in [-0.2, -0.15) is 4.31 Å². The molecule has 1 N–H and O–H groups in total. The van der Waals surface area contributed by atoms with Crippen LogP contribution in [0.2, 0.25) is 0 Å². The summed E-state index contributed by atoms with van der Waals surface area (Å²) in [6.07, 6.45) is 0.